The number of amides is 1. The Kier molecular flexibility index (Phi) is 3.74. The maximum absolute atomic E-state index is 13.6. The van der Waals surface area contributed by atoms with E-state index in [2.05, 4.69) is 5.32 Å². The van der Waals surface area contributed by atoms with Gasteiger partial charge in [0, 0.05) is 11.6 Å². The van der Waals surface area contributed by atoms with Gasteiger partial charge in [-0.2, -0.15) is 0 Å². The van der Waals surface area contributed by atoms with E-state index in [4.69, 9.17) is 9.84 Å². The minimum atomic E-state index is -0.618. The molecule has 0 unspecified atom stereocenters. The smallest absolute Gasteiger partial charge is 0.255 e. The van der Waals surface area contributed by atoms with E-state index in [1.807, 2.05) is 0 Å². The lowest BCUT2D eigenvalue weighted by atomic mass is 10.2. The summed E-state index contributed by atoms with van der Waals surface area (Å²) in [5.41, 5.74) is 0.0458. The standard InChI is InChI=1S/C14H12FNO4/c1-20-9-3-4-10(15)11(7-9)16-14(19)8-2-5-12(17)13(18)6-8/h2-7,17-18H,1H3,(H,16,19). The van der Waals surface area contributed by atoms with Gasteiger partial charge in [-0.05, 0) is 30.3 Å². The van der Waals surface area contributed by atoms with Gasteiger partial charge < -0.3 is 20.3 Å². The Labute approximate surface area is 114 Å². The zero-order valence-corrected chi connectivity index (χ0v) is 10.6. The molecule has 2 aromatic carbocycles. The summed E-state index contributed by atoms with van der Waals surface area (Å²) in [6.45, 7) is 0. The number of phenols is 2. The number of ether oxygens (including phenoxy) is 1. The molecule has 0 radical (unpaired) electrons. The van der Waals surface area contributed by atoms with Gasteiger partial charge in [0.2, 0.25) is 0 Å². The van der Waals surface area contributed by atoms with Crippen molar-refractivity contribution in [2.75, 3.05) is 12.4 Å². The number of rotatable bonds is 3. The molecule has 5 nitrogen and oxygen atoms in total. The van der Waals surface area contributed by atoms with Crippen LogP contribution in [0.15, 0.2) is 36.4 Å². The molecule has 0 fully saturated rings. The first kappa shape index (κ1) is 13.7. The molecule has 0 heterocycles. The number of phenolic OH excluding ortho intramolecular Hbond substituents is 2. The molecule has 6 heteroatoms. The van der Waals surface area contributed by atoms with Crippen LogP contribution in [-0.4, -0.2) is 23.2 Å². The third kappa shape index (κ3) is 2.80. The molecule has 2 rings (SSSR count). The van der Waals surface area contributed by atoms with E-state index in [-0.39, 0.29) is 17.0 Å². The van der Waals surface area contributed by atoms with Gasteiger partial charge in [0.1, 0.15) is 11.6 Å². The summed E-state index contributed by atoms with van der Waals surface area (Å²) in [6.07, 6.45) is 0. The third-order valence-electron chi connectivity index (χ3n) is 2.66. The van der Waals surface area contributed by atoms with Gasteiger partial charge >= 0.3 is 0 Å². The van der Waals surface area contributed by atoms with Gasteiger partial charge in [0.25, 0.3) is 5.91 Å². The van der Waals surface area contributed by atoms with Crippen molar-refractivity contribution in [3.05, 3.63) is 47.8 Å². The van der Waals surface area contributed by atoms with Crippen LogP contribution in [0.1, 0.15) is 10.4 Å². The van der Waals surface area contributed by atoms with Crippen LogP contribution in [0.25, 0.3) is 0 Å². The highest BCUT2D eigenvalue weighted by Crippen LogP contribution is 2.26. The van der Waals surface area contributed by atoms with Crippen LogP contribution in [0, 0.1) is 5.82 Å². The monoisotopic (exact) mass is 277 g/mol. The maximum atomic E-state index is 13.6. The number of hydrogen-bond acceptors (Lipinski definition) is 4. The number of carbonyl (C=O) groups is 1. The lowest BCUT2D eigenvalue weighted by Gasteiger charge is -2.09. The van der Waals surface area contributed by atoms with E-state index in [1.54, 1.807) is 0 Å². The highest BCUT2D eigenvalue weighted by molar-refractivity contribution is 6.04. The Bertz CT molecular complexity index is 658. The summed E-state index contributed by atoms with van der Waals surface area (Å²) in [6, 6.07) is 7.50. The first-order valence-corrected chi connectivity index (χ1v) is 5.68. The third-order valence-corrected chi connectivity index (χ3v) is 2.66. The summed E-state index contributed by atoms with van der Waals surface area (Å²) < 4.78 is 18.5. The van der Waals surface area contributed by atoms with Crippen LogP contribution in [0.2, 0.25) is 0 Å². The van der Waals surface area contributed by atoms with E-state index in [9.17, 15) is 14.3 Å². The second kappa shape index (κ2) is 5.48. The van der Waals surface area contributed by atoms with Crippen LogP contribution >= 0.6 is 0 Å². The topological polar surface area (TPSA) is 78.8 Å². The molecular formula is C14H12FNO4. The van der Waals surface area contributed by atoms with E-state index in [1.165, 1.54) is 37.4 Å². The molecule has 0 atom stereocenters. The number of anilines is 1. The molecule has 0 aliphatic heterocycles. The number of benzene rings is 2. The van der Waals surface area contributed by atoms with E-state index in [0.717, 1.165) is 6.07 Å². The largest absolute Gasteiger partial charge is 0.504 e. The van der Waals surface area contributed by atoms with Crippen molar-refractivity contribution in [3.63, 3.8) is 0 Å². The number of nitrogens with one attached hydrogen (secondary N) is 1. The molecule has 0 spiro atoms. The summed E-state index contributed by atoms with van der Waals surface area (Å²) in [5, 5.41) is 20.9. The fourth-order valence-electron chi connectivity index (χ4n) is 1.59. The number of methoxy groups -OCH3 is 1. The Hall–Kier alpha value is -2.76. The number of aromatic hydroxyl groups is 2. The molecule has 20 heavy (non-hydrogen) atoms. The van der Waals surface area contributed by atoms with Crippen LogP contribution in [0.4, 0.5) is 10.1 Å². The second-order valence-electron chi connectivity index (χ2n) is 4.00. The molecule has 3 N–H and O–H groups in total. The average molecular weight is 277 g/mol. The minimum Gasteiger partial charge on any atom is -0.504 e. The number of halogens is 1. The molecule has 0 saturated carbocycles. The molecule has 0 bridgehead atoms. The van der Waals surface area contributed by atoms with E-state index >= 15 is 0 Å². The van der Waals surface area contributed by atoms with Gasteiger partial charge in [0.15, 0.2) is 11.5 Å². The number of hydrogen-bond donors (Lipinski definition) is 3. The second-order valence-corrected chi connectivity index (χ2v) is 4.00. The van der Waals surface area contributed by atoms with Crippen LogP contribution in [-0.2, 0) is 0 Å². The van der Waals surface area contributed by atoms with Crippen molar-refractivity contribution in [2.24, 2.45) is 0 Å². The molecule has 104 valence electrons. The van der Waals surface area contributed by atoms with Crippen molar-refractivity contribution in [2.45, 2.75) is 0 Å². The molecular weight excluding hydrogens is 265 g/mol. The van der Waals surface area contributed by atoms with Crippen molar-refractivity contribution in [3.8, 4) is 17.2 Å². The molecule has 0 saturated heterocycles. The fourth-order valence-corrected chi connectivity index (χ4v) is 1.59. The van der Waals surface area contributed by atoms with E-state index < -0.39 is 17.5 Å². The lowest BCUT2D eigenvalue weighted by molar-refractivity contribution is 0.102. The minimum absolute atomic E-state index is 0.0399. The molecule has 0 aromatic heterocycles. The van der Waals surface area contributed by atoms with Crippen molar-refractivity contribution >= 4 is 11.6 Å². The first-order chi connectivity index (χ1) is 9.51. The quantitative estimate of drug-likeness (QED) is 0.753. The average Bonchev–Trinajstić information content (AvgIpc) is 2.44. The Morgan fingerprint density at radius 3 is 2.55 bits per heavy atom. The zero-order chi connectivity index (χ0) is 14.7. The van der Waals surface area contributed by atoms with Gasteiger partial charge in [-0.1, -0.05) is 0 Å². The lowest BCUT2D eigenvalue weighted by Crippen LogP contribution is -2.13. The Balaban J connectivity index is 2.25. The SMILES string of the molecule is COc1ccc(F)c(NC(=O)c2ccc(O)c(O)c2)c1. The summed E-state index contributed by atoms with van der Waals surface area (Å²) in [7, 11) is 1.43. The summed E-state index contributed by atoms with van der Waals surface area (Å²) >= 11 is 0. The van der Waals surface area contributed by atoms with Gasteiger partial charge in [0.05, 0.1) is 12.8 Å². The molecule has 1 amide bonds. The normalized spacial score (nSPS) is 10.1. The first-order valence-electron chi connectivity index (χ1n) is 5.68. The number of carbonyl (C=O) groups excluding carboxylic acids is 1. The van der Waals surface area contributed by atoms with Crippen molar-refractivity contribution in [1.82, 2.24) is 0 Å². The molecule has 0 aliphatic rings. The van der Waals surface area contributed by atoms with Crippen molar-refractivity contribution < 1.29 is 24.1 Å². The zero-order valence-electron chi connectivity index (χ0n) is 10.6. The predicted octanol–water partition coefficient (Wildman–Crippen LogP) is 2.50. The predicted molar refractivity (Wildman–Crippen MR) is 70.7 cm³/mol. The van der Waals surface area contributed by atoms with Crippen LogP contribution in [0.3, 0.4) is 0 Å². The van der Waals surface area contributed by atoms with Gasteiger partial charge in [-0.3, -0.25) is 4.79 Å². The van der Waals surface area contributed by atoms with Gasteiger partial charge in [-0.15, -0.1) is 0 Å². The molecule has 0 aliphatic carbocycles. The van der Waals surface area contributed by atoms with Crippen LogP contribution in [0.5, 0.6) is 17.2 Å². The van der Waals surface area contributed by atoms with E-state index in [0.29, 0.717) is 5.75 Å². The highest BCUT2D eigenvalue weighted by Gasteiger charge is 2.12. The highest BCUT2D eigenvalue weighted by atomic mass is 19.1. The Morgan fingerprint density at radius 1 is 1.15 bits per heavy atom. The van der Waals surface area contributed by atoms with Crippen molar-refractivity contribution in [1.29, 1.82) is 0 Å². The molecule has 2 aromatic rings. The maximum Gasteiger partial charge on any atom is 0.255 e. The summed E-state index contributed by atoms with van der Waals surface area (Å²) in [4.78, 5) is 11.9. The summed E-state index contributed by atoms with van der Waals surface area (Å²) in [5.74, 6) is -1.59. The Morgan fingerprint density at radius 2 is 1.90 bits per heavy atom. The van der Waals surface area contributed by atoms with Crippen LogP contribution < -0.4 is 10.1 Å². The van der Waals surface area contributed by atoms with Gasteiger partial charge in [-0.25, -0.2) is 4.39 Å². The fraction of sp³-hybridized carbons (Fsp3) is 0.0714.